The molecule has 4 aromatic heterocycles. The summed E-state index contributed by atoms with van der Waals surface area (Å²) in [5.74, 6) is 0.323. The summed E-state index contributed by atoms with van der Waals surface area (Å²) in [4.78, 5) is 112. The topological polar surface area (TPSA) is 265 Å². The Balaban J connectivity index is 0.00000496. The minimum atomic E-state index is -1.26. The number of alkyl carbamates (subject to hydrolysis) is 1. The lowest BCUT2D eigenvalue weighted by atomic mass is 9.85. The van der Waals surface area contributed by atoms with Gasteiger partial charge >= 0.3 is 12.2 Å². The normalized spacial score (nSPS) is 17.5. The number of piperidine rings is 2. The van der Waals surface area contributed by atoms with Crippen LogP contribution in [0.3, 0.4) is 0 Å². The van der Waals surface area contributed by atoms with E-state index in [1.807, 2.05) is 55.3 Å². The molecule has 5 aromatic rings. The zero-order chi connectivity index (χ0) is 63.2. The number of carbonyl (C=O) groups excluding carboxylic acids is 6. The predicted octanol–water partition coefficient (Wildman–Crippen LogP) is 6.58. The van der Waals surface area contributed by atoms with Crippen LogP contribution in [0.4, 0.5) is 21.1 Å². The minimum Gasteiger partial charge on any atom is -0.444 e. The predicted molar refractivity (Wildman–Crippen MR) is 336 cm³/mol. The van der Waals surface area contributed by atoms with Crippen molar-refractivity contribution < 1.29 is 38.2 Å². The largest absolute Gasteiger partial charge is 0.444 e. The van der Waals surface area contributed by atoms with Crippen molar-refractivity contribution in [3.63, 3.8) is 0 Å². The highest BCUT2D eigenvalue weighted by Crippen LogP contribution is 2.32. The first-order chi connectivity index (χ1) is 42.0. The number of nitrogens with one attached hydrogen (secondary N) is 4. The van der Waals surface area contributed by atoms with Crippen molar-refractivity contribution in [2.75, 3.05) is 121 Å². The minimum absolute atomic E-state index is 0.0455. The average Bonchev–Trinajstić information content (AvgIpc) is 3.33. The first-order valence-electron chi connectivity index (χ1n) is 30.7. The third kappa shape index (κ3) is 18.7. The SMILES string of the molecule is CC.CC(C)(C)OC(=O)NC1(C(=O)NC(CCN2CCN(C(=O)CN3CCC(CN4CCN(C(=O)c5ccc(NC(=O)CN(CCn6ccnn6)C(=O)OC(C)(C)C)c(Cl)n5)CC4)CC3)CC2)c2ccc(Cl)cc2)CCN(c2ncnc3[nH]ccc23)CC1. The molecule has 4 aliphatic heterocycles. The molecule has 88 heavy (non-hydrogen) atoms. The van der Waals surface area contributed by atoms with Gasteiger partial charge in [-0.3, -0.25) is 43.5 Å². The number of carbonyl (C=O) groups is 6. The van der Waals surface area contributed by atoms with Crippen LogP contribution in [-0.4, -0.2) is 228 Å². The Kier molecular flexibility index (Phi) is 23.0. The molecule has 1 atom stereocenters. The molecule has 1 unspecified atom stereocenters. The van der Waals surface area contributed by atoms with Gasteiger partial charge in [0.1, 0.15) is 46.8 Å². The Morgan fingerprint density at radius 2 is 1.44 bits per heavy atom. The number of ether oxygens (including phenoxy) is 2. The van der Waals surface area contributed by atoms with Crippen LogP contribution in [0.2, 0.25) is 10.2 Å². The summed E-state index contributed by atoms with van der Waals surface area (Å²) in [5, 5.41) is 18.2. The van der Waals surface area contributed by atoms with E-state index in [0.717, 1.165) is 68.0 Å². The summed E-state index contributed by atoms with van der Waals surface area (Å²) in [6, 6.07) is 12.1. The number of amides is 6. The van der Waals surface area contributed by atoms with Crippen molar-refractivity contribution in [1.82, 2.24) is 75.0 Å². The number of nitrogens with zero attached hydrogens (tertiary/aromatic N) is 13. The van der Waals surface area contributed by atoms with E-state index in [2.05, 4.69) is 65.8 Å². The van der Waals surface area contributed by atoms with Crippen molar-refractivity contribution in [1.29, 1.82) is 0 Å². The lowest BCUT2D eigenvalue weighted by Gasteiger charge is -2.42. The number of H-pyrrole nitrogens is 1. The molecule has 4 saturated heterocycles. The molecule has 1 aromatic carbocycles. The summed E-state index contributed by atoms with van der Waals surface area (Å²) in [6.45, 7) is 24.4. The maximum absolute atomic E-state index is 14.8. The number of rotatable bonds is 19. The van der Waals surface area contributed by atoms with Crippen LogP contribution in [0.15, 0.2) is 67.4 Å². The molecule has 0 aliphatic carbocycles. The number of benzene rings is 1. The molecule has 4 fully saturated rings. The molecule has 478 valence electrons. The molecule has 25 nitrogen and oxygen atoms in total. The molecule has 27 heteroatoms. The summed E-state index contributed by atoms with van der Waals surface area (Å²) in [7, 11) is 0. The Labute approximate surface area is 525 Å². The monoisotopic (exact) mass is 1260 g/mol. The van der Waals surface area contributed by atoms with Crippen LogP contribution in [0.25, 0.3) is 11.0 Å². The van der Waals surface area contributed by atoms with Crippen LogP contribution in [-0.2, 0) is 30.4 Å². The van der Waals surface area contributed by atoms with Gasteiger partial charge in [0, 0.05) is 102 Å². The maximum atomic E-state index is 14.8. The molecular weight excluding hydrogens is 1170 g/mol. The summed E-state index contributed by atoms with van der Waals surface area (Å²) >= 11 is 12.9. The third-order valence-corrected chi connectivity index (χ3v) is 16.6. The molecule has 8 heterocycles. The van der Waals surface area contributed by atoms with Crippen molar-refractivity contribution in [2.45, 2.75) is 117 Å². The van der Waals surface area contributed by atoms with Gasteiger partial charge in [-0.15, -0.1) is 5.10 Å². The van der Waals surface area contributed by atoms with Gasteiger partial charge in [0.05, 0.1) is 36.4 Å². The van der Waals surface area contributed by atoms with Gasteiger partial charge in [-0.05, 0) is 129 Å². The molecule has 0 bridgehead atoms. The van der Waals surface area contributed by atoms with Gasteiger partial charge < -0.3 is 45.1 Å². The van der Waals surface area contributed by atoms with E-state index in [1.54, 1.807) is 57.3 Å². The summed E-state index contributed by atoms with van der Waals surface area (Å²) < 4.78 is 12.8. The lowest BCUT2D eigenvalue weighted by molar-refractivity contribution is -0.134. The van der Waals surface area contributed by atoms with Crippen molar-refractivity contribution in [2.24, 2.45) is 5.92 Å². The zero-order valence-electron chi connectivity index (χ0n) is 52.1. The van der Waals surface area contributed by atoms with Crippen LogP contribution in [0.5, 0.6) is 0 Å². The number of piperazine rings is 2. The van der Waals surface area contributed by atoms with E-state index < -0.39 is 40.9 Å². The highest BCUT2D eigenvalue weighted by molar-refractivity contribution is 6.32. The Hall–Kier alpha value is -7.19. The fourth-order valence-electron chi connectivity index (χ4n) is 11.4. The number of likely N-dealkylation sites (tertiary alicyclic amines) is 1. The fourth-order valence-corrected chi connectivity index (χ4v) is 11.7. The average molecular weight is 1260 g/mol. The molecular formula is C61H87Cl2N17O8. The van der Waals surface area contributed by atoms with Gasteiger partial charge in [-0.25, -0.2) is 24.5 Å². The Bertz CT molecular complexity index is 3120. The molecule has 4 aliphatic rings. The van der Waals surface area contributed by atoms with E-state index >= 15 is 0 Å². The van der Waals surface area contributed by atoms with Gasteiger partial charge in [0.2, 0.25) is 17.7 Å². The van der Waals surface area contributed by atoms with Crippen LogP contribution in [0, 0.1) is 5.92 Å². The van der Waals surface area contributed by atoms with Crippen molar-refractivity contribution in [3.8, 4) is 0 Å². The molecule has 6 amide bonds. The zero-order valence-corrected chi connectivity index (χ0v) is 53.6. The number of anilines is 2. The number of fused-ring (bicyclic) bond motifs is 1. The number of pyridine rings is 1. The maximum Gasteiger partial charge on any atom is 0.410 e. The van der Waals surface area contributed by atoms with E-state index in [1.165, 1.54) is 29.6 Å². The standard InChI is InChI=1S/C59H81Cl2N17O8.C2H6/c1-57(2,3)85-55(83)69-59(17-24-75(25-18-59)52-44-13-19-62-51(44)63-40-64-52)54(82)68-45(42-7-9-43(60)10-8-42)16-23-71-27-31-74(32-28-71)49(80)39-72-21-14-41(15-22-72)37-73-29-33-76(34-30-73)53(81)47-12-11-46(50(61)67-47)66-48(79)38-77(56(84)86-58(4,5)6)35-36-78-26-20-65-70-78;1-2/h7-13,19-20,26,40-41,45H,14-18,21-25,27-39H2,1-6H3,(H,66,79)(H,68,82)(H,69,83)(H,62,63,64);1-2H3. The third-order valence-electron chi connectivity index (χ3n) is 16.1. The lowest BCUT2D eigenvalue weighted by Crippen LogP contribution is -2.64. The molecule has 0 spiro atoms. The fraction of sp³-hybridized carbons (Fsp3) is 0.590. The smallest absolute Gasteiger partial charge is 0.410 e. The Morgan fingerprint density at radius 3 is 2.09 bits per heavy atom. The van der Waals surface area contributed by atoms with E-state index in [4.69, 9.17) is 32.7 Å². The second-order valence-corrected chi connectivity index (χ2v) is 25.5. The molecule has 0 saturated carbocycles. The van der Waals surface area contributed by atoms with E-state index in [-0.39, 0.29) is 47.3 Å². The summed E-state index contributed by atoms with van der Waals surface area (Å²) in [5.41, 5.74) is -0.797. The molecule has 9 rings (SSSR count). The van der Waals surface area contributed by atoms with Gasteiger partial charge in [-0.1, -0.05) is 54.4 Å². The highest BCUT2D eigenvalue weighted by atomic mass is 35.5. The first-order valence-corrected chi connectivity index (χ1v) is 31.4. The van der Waals surface area contributed by atoms with Crippen molar-refractivity contribution in [3.05, 3.63) is 88.8 Å². The first kappa shape index (κ1) is 66.8. The van der Waals surface area contributed by atoms with E-state index in [0.29, 0.717) is 102 Å². The van der Waals surface area contributed by atoms with Gasteiger partial charge in [0.15, 0.2) is 5.15 Å². The van der Waals surface area contributed by atoms with Gasteiger partial charge in [0.25, 0.3) is 5.91 Å². The summed E-state index contributed by atoms with van der Waals surface area (Å²) in [6.07, 6.45) is 8.39. The van der Waals surface area contributed by atoms with Crippen LogP contribution >= 0.6 is 23.2 Å². The molecule has 4 N–H and O–H groups in total. The van der Waals surface area contributed by atoms with Crippen molar-refractivity contribution >= 4 is 81.6 Å². The number of hydrogen-bond donors (Lipinski definition) is 4. The molecule has 0 radical (unpaired) electrons. The van der Waals surface area contributed by atoms with Crippen LogP contribution < -0.4 is 20.9 Å². The number of aromatic nitrogens is 7. The number of aromatic amines is 1. The second kappa shape index (κ2) is 30.3. The highest BCUT2D eigenvalue weighted by Gasteiger charge is 2.45. The quantitative estimate of drug-likeness (QED) is 0.0636. The van der Waals surface area contributed by atoms with Crippen LogP contribution in [0.1, 0.15) is 110 Å². The second-order valence-electron chi connectivity index (χ2n) is 24.7. The Morgan fingerprint density at radius 1 is 0.773 bits per heavy atom. The van der Waals surface area contributed by atoms with Gasteiger partial charge in [-0.2, -0.15) is 0 Å². The number of halogens is 2. The van der Waals surface area contributed by atoms with E-state index in [9.17, 15) is 28.8 Å². The number of hydrogen-bond acceptors (Lipinski definition) is 17.